The van der Waals surface area contributed by atoms with Gasteiger partial charge in [0.25, 0.3) is 5.91 Å². The summed E-state index contributed by atoms with van der Waals surface area (Å²) in [7, 11) is 0. The smallest absolute Gasteiger partial charge is 0.255 e. The van der Waals surface area contributed by atoms with Gasteiger partial charge in [-0.2, -0.15) is 10.4 Å². The Kier molecular flexibility index (Phi) is 3.52. The van der Waals surface area contributed by atoms with Gasteiger partial charge in [-0.05, 0) is 18.1 Å². The molecule has 3 heterocycles. The van der Waals surface area contributed by atoms with Crippen molar-refractivity contribution >= 4 is 17.2 Å². The summed E-state index contributed by atoms with van der Waals surface area (Å²) >= 11 is 1.64. The molecule has 1 aliphatic rings. The predicted molar refractivity (Wildman–Crippen MR) is 80.1 cm³/mol. The lowest BCUT2D eigenvalue weighted by Crippen LogP contribution is -2.38. The van der Waals surface area contributed by atoms with E-state index in [1.54, 1.807) is 17.4 Å². The summed E-state index contributed by atoms with van der Waals surface area (Å²) in [6.07, 6.45) is 0. The van der Waals surface area contributed by atoms with Gasteiger partial charge in [0.15, 0.2) is 5.69 Å². The molecular formula is C15H16N4OS. The third kappa shape index (κ3) is 2.57. The highest BCUT2D eigenvalue weighted by molar-refractivity contribution is 7.10. The maximum Gasteiger partial charge on any atom is 0.255 e. The molecule has 0 aromatic carbocycles. The molecule has 6 heteroatoms. The molecular weight excluding hydrogens is 284 g/mol. The molecule has 0 atom stereocenters. The Hall–Kier alpha value is -2.13. The van der Waals surface area contributed by atoms with Crippen molar-refractivity contribution in [1.29, 1.82) is 5.26 Å². The minimum Gasteiger partial charge on any atom is -0.331 e. The Bertz CT molecular complexity index is 722. The minimum absolute atomic E-state index is 0.0594. The van der Waals surface area contributed by atoms with Crippen molar-refractivity contribution in [3.05, 3.63) is 39.3 Å². The normalized spacial score (nSPS) is 14.1. The highest BCUT2D eigenvalue weighted by Crippen LogP contribution is 2.25. The van der Waals surface area contributed by atoms with Gasteiger partial charge in [0.05, 0.1) is 24.3 Å². The first-order valence-corrected chi connectivity index (χ1v) is 7.81. The zero-order valence-electron chi connectivity index (χ0n) is 12.0. The molecule has 0 saturated carbocycles. The number of nitriles is 1. The number of nitrogens with zero attached hydrogens (tertiary/aromatic N) is 4. The topological polar surface area (TPSA) is 61.9 Å². The van der Waals surface area contributed by atoms with Crippen LogP contribution in [0.5, 0.6) is 0 Å². The zero-order chi connectivity index (χ0) is 15.0. The van der Waals surface area contributed by atoms with Gasteiger partial charge in [0.2, 0.25) is 0 Å². The number of hydrogen-bond acceptors (Lipinski definition) is 4. The highest BCUT2D eigenvalue weighted by Gasteiger charge is 2.24. The van der Waals surface area contributed by atoms with Gasteiger partial charge in [-0.1, -0.05) is 13.8 Å². The number of thiophene rings is 1. The van der Waals surface area contributed by atoms with Gasteiger partial charge in [0.1, 0.15) is 6.07 Å². The fourth-order valence-corrected chi connectivity index (χ4v) is 3.34. The molecule has 0 spiro atoms. The first-order chi connectivity index (χ1) is 10.1. The number of carbonyl (C=O) groups is 1. The Morgan fingerprint density at radius 3 is 2.90 bits per heavy atom. The number of hydrogen-bond donors (Lipinski definition) is 0. The van der Waals surface area contributed by atoms with Gasteiger partial charge in [0, 0.05) is 16.8 Å². The molecule has 2 aromatic heterocycles. The maximum atomic E-state index is 12.6. The van der Waals surface area contributed by atoms with E-state index in [-0.39, 0.29) is 5.91 Å². The van der Waals surface area contributed by atoms with E-state index >= 15 is 0 Å². The van der Waals surface area contributed by atoms with Gasteiger partial charge in [-0.15, -0.1) is 11.3 Å². The molecule has 5 nitrogen and oxygen atoms in total. The summed E-state index contributed by atoms with van der Waals surface area (Å²) in [4.78, 5) is 15.6. The fourth-order valence-electron chi connectivity index (χ4n) is 2.44. The Morgan fingerprint density at radius 1 is 1.43 bits per heavy atom. The average Bonchev–Trinajstić information content (AvgIpc) is 3.12. The van der Waals surface area contributed by atoms with E-state index in [1.165, 1.54) is 4.88 Å². The van der Waals surface area contributed by atoms with E-state index in [4.69, 9.17) is 5.26 Å². The predicted octanol–water partition coefficient (Wildman–Crippen LogP) is 2.60. The molecule has 21 heavy (non-hydrogen) atoms. The van der Waals surface area contributed by atoms with E-state index in [1.807, 2.05) is 27.1 Å². The van der Waals surface area contributed by atoms with Crippen LogP contribution in [0.4, 0.5) is 0 Å². The van der Waals surface area contributed by atoms with E-state index < -0.39 is 0 Å². The quantitative estimate of drug-likeness (QED) is 0.856. The van der Waals surface area contributed by atoms with Gasteiger partial charge >= 0.3 is 0 Å². The Balaban J connectivity index is 1.78. The van der Waals surface area contributed by atoms with Crippen molar-refractivity contribution in [3.63, 3.8) is 0 Å². The third-order valence-corrected chi connectivity index (χ3v) is 4.87. The van der Waals surface area contributed by atoms with Crippen LogP contribution in [0, 0.1) is 11.3 Å². The minimum atomic E-state index is 0.0594. The molecule has 1 aliphatic heterocycles. The van der Waals surface area contributed by atoms with Gasteiger partial charge in [-0.25, -0.2) is 0 Å². The molecule has 0 unspecified atom stereocenters. The number of amides is 1. The van der Waals surface area contributed by atoms with Crippen LogP contribution in [0.25, 0.3) is 0 Å². The summed E-state index contributed by atoms with van der Waals surface area (Å²) in [5.41, 5.74) is 2.10. The molecule has 0 radical (unpaired) electrons. The highest BCUT2D eigenvalue weighted by atomic mass is 32.1. The van der Waals surface area contributed by atoms with Crippen LogP contribution >= 0.6 is 11.3 Å². The molecule has 0 saturated heterocycles. The summed E-state index contributed by atoms with van der Waals surface area (Å²) in [6.45, 7) is 6.04. The summed E-state index contributed by atoms with van der Waals surface area (Å²) in [6, 6.07) is 5.79. The number of fused-ring (bicyclic) bond motifs is 1. The maximum absolute atomic E-state index is 12.6. The summed E-state index contributed by atoms with van der Waals surface area (Å²) < 4.78 is 1.81. The van der Waals surface area contributed by atoms with Crippen molar-refractivity contribution in [2.24, 2.45) is 0 Å². The number of carbonyl (C=O) groups excluding carboxylic acids is 1. The standard InChI is InChI=1S/C15H16N4OS/c1-10(2)14-5-11(9-21-14)15(20)18-3-4-19-13(8-18)6-12(7-16)17-19/h5-6,9-10H,3-4,8H2,1-2H3. The molecule has 0 N–H and O–H groups in total. The number of rotatable bonds is 2. The van der Waals surface area contributed by atoms with Crippen LogP contribution in [0.15, 0.2) is 17.5 Å². The second kappa shape index (κ2) is 5.34. The van der Waals surface area contributed by atoms with E-state index in [9.17, 15) is 4.79 Å². The molecule has 1 amide bonds. The lowest BCUT2D eigenvalue weighted by atomic mass is 10.1. The van der Waals surface area contributed by atoms with E-state index in [0.717, 1.165) is 11.3 Å². The first kappa shape index (κ1) is 13.8. The molecule has 2 aromatic rings. The average molecular weight is 300 g/mol. The van der Waals surface area contributed by atoms with Crippen molar-refractivity contribution in [2.45, 2.75) is 32.9 Å². The number of aromatic nitrogens is 2. The largest absolute Gasteiger partial charge is 0.331 e. The van der Waals surface area contributed by atoms with Crippen LogP contribution in [0.2, 0.25) is 0 Å². The molecule has 0 fully saturated rings. The van der Waals surface area contributed by atoms with Crippen LogP contribution in [0.1, 0.15) is 46.4 Å². The molecule has 0 aliphatic carbocycles. The third-order valence-electron chi connectivity index (χ3n) is 3.64. The van der Waals surface area contributed by atoms with E-state index in [0.29, 0.717) is 31.2 Å². The van der Waals surface area contributed by atoms with Crippen LogP contribution in [0.3, 0.4) is 0 Å². The van der Waals surface area contributed by atoms with Crippen molar-refractivity contribution < 1.29 is 4.79 Å². The zero-order valence-corrected chi connectivity index (χ0v) is 12.9. The van der Waals surface area contributed by atoms with Crippen LogP contribution in [-0.4, -0.2) is 27.1 Å². The second-order valence-corrected chi connectivity index (χ2v) is 6.42. The van der Waals surface area contributed by atoms with Crippen molar-refractivity contribution in [2.75, 3.05) is 6.54 Å². The summed E-state index contributed by atoms with van der Waals surface area (Å²) in [5, 5.41) is 15.0. The molecule has 108 valence electrons. The molecule has 3 rings (SSSR count). The van der Waals surface area contributed by atoms with E-state index in [2.05, 4.69) is 18.9 Å². The van der Waals surface area contributed by atoms with Crippen LogP contribution < -0.4 is 0 Å². The van der Waals surface area contributed by atoms with Crippen LogP contribution in [-0.2, 0) is 13.1 Å². The Morgan fingerprint density at radius 2 is 2.24 bits per heavy atom. The lowest BCUT2D eigenvalue weighted by molar-refractivity contribution is 0.0706. The van der Waals surface area contributed by atoms with Crippen molar-refractivity contribution in [3.8, 4) is 6.07 Å². The van der Waals surface area contributed by atoms with Gasteiger partial charge < -0.3 is 4.90 Å². The van der Waals surface area contributed by atoms with Gasteiger partial charge in [-0.3, -0.25) is 9.48 Å². The summed E-state index contributed by atoms with van der Waals surface area (Å²) in [5.74, 6) is 0.502. The SMILES string of the molecule is CC(C)c1cc(C(=O)N2CCn3nc(C#N)cc3C2)cs1. The lowest BCUT2D eigenvalue weighted by Gasteiger charge is -2.27. The van der Waals surface area contributed by atoms with Crippen molar-refractivity contribution in [1.82, 2.24) is 14.7 Å². The first-order valence-electron chi connectivity index (χ1n) is 6.93. The molecule has 0 bridgehead atoms. The monoisotopic (exact) mass is 300 g/mol. The second-order valence-electron chi connectivity index (χ2n) is 5.48. The fraction of sp³-hybridized carbons (Fsp3) is 0.400. The Labute approximate surface area is 127 Å².